The van der Waals surface area contributed by atoms with Crippen LogP contribution in [-0.2, 0) is 28.6 Å². The molecule has 2 aromatic carbocycles. The van der Waals surface area contributed by atoms with E-state index in [0.29, 0.717) is 17.1 Å². The molecular weight excluding hydrogens is 530 g/mol. The molecule has 3 aromatic rings. The molecule has 1 aromatic heterocycles. The van der Waals surface area contributed by atoms with Gasteiger partial charge < -0.3 is 15.6 Å². The fourth-order valence-electron chi connectivity index (χ4n) is 3.41. The van der Waals surface area contributed by atoms with Gasteiger partial charge in [0.1, 0.15) is 5.82 Å². The van der Waals surface area contributed by atoms with Gasteiger partial charge in [0.2, 0.25) is 0 Å². The highest BCUT2D eigenvalue weighted by atomic mass is 127. The predicted molar refractivity (Wildman–Crippen MR) is 135 cm³/mol. The minimum Gasteiger partial charge on any atom is -0.361 e. The van der Waals surface area contributed by atoms with E-state index in [0.717, 1.165) is 24.9 Å². The number of fused-ring (bicyclic) bond motifs is 1. The molecule has 1 heterocycles. The normalized spacial score (nSPS) is 11.9. The number of nitrogens with zero attached hydrogens (tertiary/aromatic N) is 1. The van der Waals surface area contributed by atoms with Crippen LogP contribution in [0.25, 0.3) is 10.9 Å². The molecule has 31 heavy (non-hydrogen) atoms. The molecule has 3 N–H and O–H groups in total. The van der Waals surface area contributed by atoms with Crippen molar-refractivity contribution < 1.29 is 12.8 Å². The number of H-pyrrole nitrogens is 1. The van der Waals surface area contributed by atoms with Crippen LogP contribution in [0.15, 0.2) is 53.7 Å². The van der Waals surface area contributed by atoms with E-state index in [1.165, 1.54) is 35.4 Å². The fourth-order valence-corrected chi connectivity index (χ4v) is 4.25. The first-order chi connectivity index (χ1) is 14.4. The lowest BCUT2D eigenvalue weighted by Crippen LogP contribution is -2.37. The molecule has 0 fully saturated rings. The van der Waals surface area contributed by atoms with E-state index in [1.807, 2.05) is 18.3 Å². The number of rotatable bonds is 8. The van der Waals surface area contributed by atoms with Crippen LogP contribution >= 0.6 is 24.0 Å². The smallest absolute Gasteiger partial charge is 0.191 e. The summed E-state index contributed by atoms with van der Waals surface area (Å²) < 4.78 is 36.9. The number of hydrogen-bond acceptors (Lipinski definition) is 3. The van der Waals surface area contributed by atoms with Crippen LogP contribution in [0.5, 0.6) is 0 Å². The van der Waals surface area contributed by atoms with Crippen molar-refractivity contribution in [1.29, 1.82) is 0 Å². The maximum Gasteiger partial charge on any atom is 0.191 e. The number of aromatic amines is 1. The molecule has 3 rings (SSSR count). The van der Waals surface area contributed by atoms with Crippen molar-refractivity contribution in [2.24, 2.45) is 4.99 Å². The second kappa shape index (κ2) is 11.5. The first-order valence-corrected chi connectivity index (χ1v) is 11.9. The Hall–Kier alpha value is -2.14. The van der Waals surface area contributed by atoms with E-state index in [1.54, 1.807) is 7.05 Å². The number of aliphatic imine (C=N–C) groups is 1. The number of para-hydroxylation sites is 1. The van der Waals surface area contributed by atoms with Gasteiger partial charge in [-0.15, -0.1) is 24.0 Å². The first-order valence-electron chi connectivity index (χ1n) is 9.80. The second-order valence-electron chi connectivity index (χ2n) is 7.30. The molecule has 0 bridgehead atoms. The highest BCUT2D eigenvalue weighted by molar-refractivity contribution is 14.0. The van der Waals surface area contributed by atoms with Gasteiger partial charge in [0, 0.05) is 43.5 Å². The molecule has 9 heteroatoms. The van der Waals surface area contributed by atoms with Crippen molar-refractivity contribution in [2.75, 3.05) is 19.8 Å². The van der Waals surface area contributed by atoms with Crippen molar-refractivity contribution in [3.63, 3.8) is 0 Å². The van der Waals surface area contributed by atoms with E-state index in [-0.39, 0.29) is 36.3 Å². The number of hydrogen-bond donors (Lipinski definition) is 3. The predicted octanol–water partition coefficient (Wildman–Crippen LogP) is 3.77. The summed E-state index contributed by atoms with van der Waals surface area (Å²) in [5.41, 5.74) is 3.60. The summed E-state index contributed by atoms with van der Waals surface area (Å²) >= 11 is 0. The minimum absolute atomic E-state index is 0. The van der Waals surface area contributed by atoms with Crippen LogP contribution in [0.1, 0.15) is 23.1 Å². The molecule has 168 valence electrons. The van der Waals surface area contributed by atoms with Crippen LogP contribution in [0.4, 0.5) is 4.39 Å². The molecular formula is C22H28FIN4O2S. The average Bonchev–Trinajstić information content (AvgIpc) is 3.11. The third kappa shape index (κ3) is 7.49. The number of sulfone groups is 1. The van der Waals surface area contributed by atoms with Crippen LogP contribution < -0.4 is 10.6 Å². The van der Waals surface area contributed by atoms with Crippen molar-refractivity contribution >= 4 is 50.7 Å². The van der Waals surface area contributed by atoms with Gasteiger partial charge in [-0.1, -0.05) is 24.3 Å². The Bertz CT molecular complexity index is 1150. The third-order valence-electron chi connectivity index (χ3n) is 4.85. The van der Waals surface area contributed by atoms with E-state index in [9.17, 15) is 12.8 Å². The molecule has 0 spiro atoms. The van der Waals surface area contributed by atoms with Gasteiger partial charge in [-0.25, -0.2) is 12.8 Å². The summed E-state index contributed by atoms with van der Waals surface area (Å²) in [5, 5.41) is 7.62. The van der Waals surface area contributed by atoms with Gasteiger partial charge in [-0.2, -0.15) is 0 Å². The Morgan fingerprint density at radius 1 is 1.10 bits per heavy atom. The average molecular weight is 558 g/mol. The number of aromatic nitrogens is 1. The van der Waals surface area contributed by atoms with E-state index in [2.05, 4.69) is 32.7 Å². The Labute approximate surface area is 199 Å². The standard InChI is InChI=1S/C22H27FN4O2S.HI/c1-24-22(25-11-5-6-16-13-26-21-8-4-3-7-20(16)21)27-14-18-12-19(23)10-9-17(18)15-30(2,28)29;/h3-4,7-10,12-13,26H,5-6,11,14-15H2,1-2H3,(H2,24,25,27);1H. The Morgan fingerprint density at radius 2 is 1.87 bits per heavy atom. The van der Waals surface area contributed by atoms with E-state index < -0.39 is 15.7 Å². The number of halogens is 2. The summed E-state index contributed by atoms with van der Waals surface area (Å²) in [5.74, 6) is 0.0650. The van der Waals surface area contributed by atoms with Crippen molar-refractivity contribution in [3.8, 4) is 0 Å². The SMILES string of the molecule is CN=C(NCCCc1c[nH]c2ccccc12)NCc1cc(F)ccc1CS(C)(=O)=O.I. The van der Waals surface area contributed by atoms with Crippen LogP contribution in [0, 0.1) is 5.82 Å². The molecule has 0 saturated heterocycles. The van der Waals surface area contributed by atoms with Crippen molar-refractivity contribution in [2.45, 2.75) is 25.1 Å². The number of aryl methyl sites for hydroxylation is 1. The largest absolute Gasteiger partial charge is 0.361 e. The maximum absolute atomic E-state index is 13.7. The summed E-state index contributed by atoms with van der Waals surface area (Å²) in [6.45, 7) is 1.00. The lowest BCUT2D eigenvalue weighted by Gasteiger charge is -2.14. The Kier molecular flexibility index (Phi) is 9.30. The number of nitrogens with one attached hydrogen (secondary N) is 3. The number of guanidine groups is 1. The summed E-state index contributed by atoms with van der Waals surface area (Å²) in [4.78, 5) is 7.47. The molecule has 0 aliphatic rings. The first kappa shape index (κ1) is 25.1. The quantitative estimate of drug-likeness (QED) is 0.170. The van der Waals surface area contributed by atoms with Gasteiger partial charge in [0.05, 0.1) is 5.75 Å². The minimum atomic E-state index is -3.21. The molecule has 0 atom stereocenters. The lowest BCUT2D eigenvalue weighted by atomic mass is 10.1. The highest BCUT2D eigenvalue weighted by Gasteiger charge is 2.11. The molecule has 0 amide bonds. The Morgan fingerprint density at radius 3 is 2.61 bits per heavy atom. The van der Waals surface area contributed by atoms with Gasteiger partial charge in [-0.3, -0.25) is 4.99 Å². The van der Waals surface area contributed by atoms with Gasteiger partial charge in [0.25, 0.3) is 0 Å². The maximum atomic E-state index is 13.7. The summed E-state index contributed by atoms with van der Waals surface area (Å²) in [6.07, 6.45) is 5.06. The van der Waals surface area contributed by atoms with E-state index >= 15 is 0 Å². The molecule has 0 aliphatic carbocycles. The van der Waals surface area contributed by atoms with E-state index in [4.69, 9.17) is 0 Å². The fraction of sp³-hybridized carbons (Fsp3) is 0.318. The summed E-state index contributed by atoms with van der Waals surface area (Å²) in [7, 11) is -1.55. The second-order valence-corrected chi connectivity index (χ2v) is 9.44. The van der Waals surface area contributed by atoms with Crippen molar-refractivity contribution in [3.05, 3.63) is 71.2 Å². The molecule has 0 unspecified atom stereocenters. The van der Waals surface area contributed by atoms with Crippen LogP contribution in [0.2, 0.25) is 0 Å². The molecule has 6 nitrogen and oxygen atoms in total. The third-order valence-corrected chi connectivity index (χ3v) is 5.68. The van der Waals surface area contributed by atoms with Crippen LogP contribution in [0.3, 0.4) is 0 Å². The zero-order valence-electron chi connectivity index (χ0n) is 17.6. The zero-order valence-corrected chi connectivity index (χ0v) is 20.8. The summed E-state index contributed by atoms with van der Waals surface area (Å²) in [6, 6.07) is 12.4. The number of benzene rings is 2. The Balaban J connectivity index is 0.00000341. The molecule has 0 aliphatic heterocycles. The van der Waals surface area contributed by atoms with Crippen molar-refractivity contribution in [1.82, 2.24) is 15.6 Å². The van der Waals surface area contributed by atoms with Gasteiger partial charge in [-0.05, 0) is 47.7 Å². The molecule has 0 radical (unpaired) electrons. The zero-order chi connectivity index (χ0) is 21.6. The van der Waals surface area contributed by atoms with Gasteiger partial charge >= 0.3 is 0 Å². The monoisotopic (exact) mass is 558 g/mol. The highest BCUT2D eigenvalue weighted by Crippen LogP contribution is 2.18. The molecule has 0 saturated carbocycles. The lowest BCUT2D eigenvalue weighted by molar-refractivity contribution is 0.599. The van der Waals surface area contributed by atoms with Gasteiger partial charge in [0.15, 0.2) is 15.8 Å². The topological polar surface area (TPSA) is 86.3 Å². The van der Waals surface area contributed by atoms with Crippen LogP contribution in [-0.4, -0.2) is 39.2 Å².